The van der Waals surface area contributed by atoms with E-state index in [9.17, 15) is 14.7 Å². The largest absolute Gasteiger partial charge is 0.507 e. The van der Waals surface area contributed by atoms with Crippen molar-refractivity contribution >= 4 is 17.4 Å². The van der Waals surface area contributed by atoms with Crippen LogP contribution in [-0.2, 0) is 4.79 Å². The maximum Gasteiger partial charge on any atom is 0.304 e. The Kier molecular flexibility index (Phi) is 3.16. The van der Waals surface area contributed by atoms with E-state index >= 15 is 0 Å². The molecule has 1 heterocycles. The van der Waals surface area contributed by atoms with E-state index in [-0.39, 0.29) is 34.7 Å². The molecule has 0 amide bonds. The average Bonchev–Trinajstić information content (AvgIpc) is 2.48. The molecule has 0 saturated heterocycles. The number of phenols is 1. The predicted molar refractivity (Wildman–Crippen MR) is 76.3 cm³/mol. The van der Waals surface area contributed by atoms with E-state index in [0.29, 0.717) is 5.56 Å². The van der Waals surface area contributed by atoms with Crippen LogP contribution in [0.15, 0.2) is 57.7 Å². The normalized spacial score (nSPS) is 10.5. The lowest BCUT2D eigenvalue weighted by Gasteiger charge is -2.08. The zero-order valence-corrected chi connectivity index (χ0v) is 10.8. The zero-order chi connectivity index (χ0) is 14.8. The van der Waals surface area contributed by atoms with Gasteiger partial charge in [0.05, 0.1) is 0 Å². The Labute approximate surface area is 119 Å². The molecule has 21 heavy (non-hydrogen) atoms. The van der Waals surface area contributed by atoms with Gasteiger partial charge in [0.2, 0.25) is 5.43 Å². The van der Waals surface area contributed by atoms with Gasteiger partial charge in [0.15, 0.2) is 0 Å². The summed E-state index contributed by atoms with van der Waals surface area (Å²) in [6.07, 6.45) is 0. The first-order valence-corrected chi connectivity index (χ1v) is 6.17. The molecule has 3 rings (SSSR count). The summed E-state index contributed by atoms with van der Waals surface area (Å²) in [5, 5.41) is 9.92. The van der Waals surface area contributed by atoms with Crippen LogP contribution in [0.4, 0.5) is 0 Å². The Morgan fingerprint density at radius 3 is 2.52 bits per heavy atom. The minimum Gasteiger partial charge on any atom is -0.507 e. The fourth-order valence-corrected chi connectivity index (χ4v) is 2.18. The van der Waals surface area contributed by atoms with Crippen LogP contribution >= 0.6 is 0 Å². The van der Waals surface area contributed by atoms with Gasteiger partial charge in [0, 0.05) is 0 Å². The number of fused-ring (bicyclic) bond motifs is 1. The van der Waals surface area contributed by atoms with Crippen molar-refractivity contribution in [3.05, 3.63) is 58.8 Å². The van der Waals surface area contributed by atoms with E-state index in [0.717, 1.165) is 0 Å². The fourth-order valence-electron chi connectivity index (χ4n) is 2.18. The molecular weight excluding hydrogens is 272 g/mol. The molecule has 2 aromatic carbocycles. The van der Waals surface area contributed by atoms with Gasteiger partial charge in [-0.3, -0.25) is 9.59 Å². The number of rotatable bonds is 3. The van der Waals surface area contributed by atoms with Crippen LogP contribution in [0.5, 0.6) is 11.7 Å². The highest BCUT2D eigenvalue weighted by molar-refractivity contribution is 5.88. The molecule has 0 bridgehead atoms. The van der Waals surface area contributed by atoms with Gasteiger partial charge >= 0.3 is 12.4 Å². The van der Waals surface area contributed by atoms with Crippen LogP contribution in [0.25, 0.3) is 22.1 Å². The van der Waals surface area contributed by atoms with Crippen molar-refractivity contribution in [3.8, 4) is 22.8 Å². The van der Waals surface area contributed by atoms with Gasteiger partial charge < -0.3 is 14.3 Å². The van der Waals surface area contributed by atoms with Crippen molar-refractivity contribution in [2.24, 2.45) is 0 Å². The maximum absolute atomic E-state index is 12.6. The molecule has 3 aromatic rings. The Morgan fingerprint density at radius 2 is 1.81 bits per heavy atom. The Balaban J connectivity index is 2.43. The lowest BCUT2D eigenvalue weighted by Crippen LogP contribution is -2.08. The molecule has 5 nitrogen and oxygen atoms in total. The smallest absolute Gasteiger partial charge is 0.304 e. The number of hydrogen-bond acceptors (Lipinski definition) is 5. The summed E-state index contributed by atoms with van der Waals surface area (Å²) >= 11 is 0. The van der Waals surface area contributed by atoms with Crippen LogP contribution in [0, 0.1) is 0 Å². The molecule has 0 atom stereocenters. The summed E-state index contributed by atoms with van der Waals surface area (Å²) in [6, 6.07) is 13.1. The van der Waals surface area contributed by atoms with E-state index < -0.39 is 5.43 Å². The van der Waals surface area contributed by atoms with Crippen LogP contribution in [0.2, 0.25) is 0 Å². The molecular formula is C16H10O5. The fraction of sp³-hybridized carbons (Fsp3) is 0. The number of aromatic hydroxyl groups is 1. The van der Waals surface area contributed by atoms with Gasteiger partial charge in [-0.2, -0.15) is 0 Å². The second-order valence-corrected chi connectivity index (χ2v) is 4.32. The highest BCUT2D eigenvalue weighted by Gasteiger charge is 2.19. The van der Waals surface area contributed by atoms with Crippen LogP contribution < -0.4 is 10.2 Å². The van der Waals surface area contributed by atoms with Crippen molar-refractivity contribution < 1.29 is 19.1 Å². The summed E-state index contributed by atoms with van der Waals surface area (Å²) in [5.41, 5.74) is 0.318. The van der Waals surface area contributed by atoms with Gasteiger partial charge in [-0.05, 0) is 17.7 Å². The third-order valence-electron chi connectivity index (χ3n) is 3.08. The van der Waals surface area contributed by atoms with Crippen molar-refractivity contribution in [1.82, 2.24) is 0 Å². The average molecular weight is 282 g/mol. The van der Waals surface area contributed by atoms with E-state index in [2.05, 4.69) is 0 Å². The zero-order valence-electron chi connectivity index (χ0n) is 10.8. The molecule has 0 fully saturated rings. The highest BCUT2D eigenvalue weighted by Crippen LogP contribution is 2.32. The molecule has 0 aliphatic rings. The Morgan fingerprint density at radius 1 is 1.05 bits per heavy atom. The topological polar surface area (TPSA) is 76.7 Å². The molecule has 1 aromatic heterocycles. The summed E-state index contributed by atoms with van der Waals surface area (Å²) in [5.74, 6) is -0.379. The second-order valence-electron chi connectivity index (χ2n) is 4.32. The molecule has 5 heteroatoms. The first kappa shape index (κ1) is 12.9. The first-order chi connectivity index (χ1) is 10.2. The lowest BCUT2D eigenvalue weighted by atomic mass is 10.0. The number of carbonyl (C=O) groups excluding carboxylic acids is 1. The molecule has 0 spiro atoms. The van der Waals surface area contributed by atoms with Crippen molar-refractivity contribution in [3.63, 3.8) is 0 Å². The van der Waals surface area contributed by atoms with E-state index in [1.165, 1.54) is 18.2 Å². The lowest BCUT2D eigenvalue weighted by molar-refractivity contribution is -0.121. The summed E-state index contributed by atoms with van der Waals surface area (Å²) in [7, 11) is 0. The minimum atomic E-state index is -0.461. The highest BCUT2D eigenvalue weighted by atomic mass is 16.6. The maximum atomic E-state index is 12.6. The van der Waals surface area contributed by atoms with Crippen molar-refractivity contribution in [2.75, 3.05) is 0 Å². The summed E-state index contributed by atoms with van der Waals surface area (Å²) in [6.45, 7) is 0.194. The Hall–Kier alpha value is -3.08. The van der Waals surface area contributed by atoms with Crippen LogP contribution in [-0.4, -0.2) is 11.6 Å². The first-order valence-electron chi connectivity index (χ1n) is 6.17. The van der Waals surface area contributed by atoms with Gasteiger partial charge in [-0.1, -0.05) is 36.4 Å². The second kappa shape index (κ2) is 5.13. The van der Waals surface area contributed by atoms with Crippen molar-refractivity contribution in [2.45, 2.75) is 0 Å². The monoisotopic (exact) mass is 282 g/mol. The Bertz CT molecular complexity index is 865. The standard InChI is InChI=1S/C16H10O5/c17-9-20-16-13(10-5-2-1-3-6-10)15(19)14-11(18)7-4-8-12(14)21-16/h1-9,18H. The third-order valence-corrected chi connectivity index (χ3v) is 3.08. The van der Waals surface area contributed by atoms with E-state index in [4.69, 9.17) is 9.15 Å². The molecule has 0 radical (unpaired) electrons. The third kappa shape index (κ3) is 2.14. The number of benzene rings is 2. The van der Waals surface area contributed by atoms with Crippen molar-refractivity contribution in [1.29, 1.82) is 0 Å². The number of carbonyl (C=O) groups is 1. The quantitative estimate of drug-likeness (QED) is 0.747. The SMILES string of the molecule is O=COc1oc2cccc(O)c2c(=O)c1-c1ccccc1. The molecule has 1 N–H and O–H groups in total. The van der Waals surface area contributed by atoms with E-state index in [1.54, 1.807) is 30.3 Å². The van der Waals surface area contributed by atoms with E-state index in [1.807, 2.05) is 0 Å². The molecule has 0 saturated carbocycles. The van der Waals surface area contributed by atoms with Crippen LogP contribution in [0.1, 0.15) is 0 Å². The predicted octanol–water partition coefficient (Wildman–Crippen LogP) is 2.70. The summed E-state index contributed by atoms with van der Waals surface area (Å²) < 4.78 is 10.2. The molecule has 0 unspecified atom stereocenters. The number of ether oxygens (including phenoxy) is 1. The van der Waals surface area contributed by atoms with Crippen LogP contribution in [0.3, 0.4) is 0 Å². The molecule has 104 valence electrons. The van der Waals surface area contributed by atoms with Gasteiger partial charge in [0.1, 0.15) is 22.3 Å². The van der Waals surface area contributed by atoms with Gasteiger partial charge in [-0.25, -0.2) is 0 Å². The molecule has 0 aliphatic heterocycles. The number of phenolic OH excluding ortho intramolecular Hbond substituents is 1. The number of hydrogen-bond donors (Lipinski definition) is 1. The minimum absolute atomic E-state index is 0.0506. The van der Waals surface area contributed by atoms with Gasteiger partial charge in [0.25, 0.3) is 0 Å². The molecule has 0 aliphatic carbocycles. The van der Waals surface area contributed by atoms with Gasteiger partial charge in [-0.15, -0.1) is 0 Å². The summed E-state index contributed by atoms with van der Waals surface area (Å²) in [4.78, 5) is 23.3.